The van der Waals surface area contributed by atoms with E-state index in [1.807, 2.05) is 14.1 Å². The van der Waals surface area contributed by atoms with Crippen LogP contribution in [0.5, 0.6) is 0 Å². The largest absolute Gasteiger partial charge is 0.550 e. The third-order valence-electron chi connectivity index (χ3n) is 2.07. The summed E-state index contributed by atoms with van der Waals surface area (Å²) in [5, 5.41) is 12.6. The number of carbonyl (C=O) groups is 2. The van der Waals surface area contributed by atoms with Crippen LogP contribution < -0.4 is 10.4 Å². The fourth-order valence-electron chi connectivity index (χ4n) is 1.02. The molecule has 0 rings (SSSR count). The summed E-state index contributed by atoms with van der Waals surface area (Å²) in [4.78, 5) is 21.2. The van der Waals surface area contributed by atoms with Crippen molar-refractivity contribution in [3.05, 3.63) is 12.8 Å². The number of aliphatic carboxylic acids is 1. The summed E-state index contributed by atoms with van der Waals surface area (Å²) in [5.41, 5.74) is 0. The van der Waals surface area contributed by atoms with Gasteiger partial charge in [0.1, 0.15) is 13.2 Å². The average Bonchev–Trinajstić information content (AvgIpc) is 2.15. The Morgan fingerprint density at radius 3 is 2.56 bits per heavy atom. The standard InChI is InChI=1S/C10H18N2O4/c1-4-11-10(15)16-8-7-12(2,3)6-5-9(13)14/h4H,1,5-8H2,2-3H3,(H-,11,13,14,15). The van der Waals surface area contributed by atoms with Crippen molar-refractivity contribution in [1.82, 2.24) is 5.32 Å². The SMILES string of the molecule is C=CNC(=O)OCC[N+](C)(C)CCC(=O)[O-]. The number of nitrogens with one attached hydrogen (secondary N) is 1. The molecule has 0 aliphatic carbocycles. The first-order chi connectivity index (χ1) is 7.37. The van der Waals surface area contributed by atoms with E-state index >= 15 is 0 Å². The third-order valence-corrected chi connectivity index (χ3v) is 2.07. The van der Waals surface area contributed by atoms with E-state index in [0.717, 1.165) is 0 Å². The Hall–Kier alpha value is -1.56. The smallest absolute Gasteiger partial charge is 0.411 e. The molecule has 0 radical (unpaired) electrons. The number of carbonyl (C=O) groups excluding carboxylic acids is 2. The number of hydrogen-bond acceptors (Lipinski definition) is 4. The van der Waals surface area contributed by atoms with Crippen LogP contribution in [0.15, 0.2) is 12.8 Å². The minimum Gasteiger partial charge on any atom is -0.550 e. The summed E-state index contributed by atoms with van der Waals surface area (Å²) in [5.74, 6) is -1.07. The quantitative estimate of drug-likeness (QED) is 0.573. The summed E-state index contributed by atoms with van der Waals surface area (Å²) in [7, 11) is 3.72. The molecule has 6 heteroatoms. The molecular formula is C10H18N2O4. The Bertz CT molecular complexity index is 264. The molecule has 0 aliphatic rings. The van der Waals surface area contributed by atoms with Gasteiger partial charge in [0.2, 0.25) is 0 Å². The first-order valence-corrected chi connectivity index (χ1v) is 4.93. The summed E-state index contributed by atoms with van der Waals surface area (Å²) < 4.78 is 5.28. The fourth-order valence-corrected chi connectivity index (χ4v) is 1.02. The van der Waals surface area contributed by atoms with E-state index in [-0.39, 0.29) is 13.0 Å². The van der Waals surface area contributed by atoms with Crippen molar-refractivity contribution >= 4 is 12.1 Å². The summed E-state index contributed by atoms with van der Waals surface area (Å²) in [6, 6.07) is 0. The third kappa shape index (κ3) is 7.81. The zero-order chi connectivity index (χ0) is 12.6. The number of amides is 1. The average molecular weight is 230 g/mol. The lowest BCUT2D eigenvalue weighted by Gasteiger charge is -2.29. The Kier molecular flexibility index (Phi) is 6.17. The van der Waals surface area contributed by atoms with Gasteiger partial charge in [-0.05, 0) is 6.20 Å². The van der Waals surface area contributed by atoms with Crippen LogP contribution in [0.1, 0.15) is 6.42 Å². The Balaban J connectivity index is 3.76. The second kappa shape index (κ2) is 6.84. The van der Waals surface area contributed by atoms with Gasteiger partial charge in [-0.15, -0.1) is 0 Å². The monoisotopic (exact) mass is 230 g/mol. The van der Waals surface area contributed by atoms with Crippen molar-refractivity contribution < 1.29 is 23.9 Å². The van der Waals surface area contributed by atoms with Crippen LogP contribution in [0.3, 0.4) is 0 Å². The molecule has 0 aromatic carbocycles. The molecule has 0 aromatic heterocycles. The maximum absolute atomic E-state index is 10.9. The molecule has 0 atom stereocenters. The molecule has 0 heterocycles. The topological polar surface area (TPSA) is 78.5 Å². The predicted octanol–water partition coefficient (Wildman–Crippen LogP) is -0.927. The summed E-state index contributed by atoms with van der Waals surface area (Å²) in [6.45, 7) is 4.52. The molecular weight excluding hydrogens is 212 g/mol. The van der Waals surface area contributed by atoms with Crippen LogP contribution >= 0.6 is 0 Å². The van der Waals surface area contributed by atoms with Crippen LogP contribution in [-0.4, -0.2) is 50.3 Å². The van der Waals surface area contributed by atoms with Gasteiger partial charge in [0.25, 0.3) is 0 Å². The second-order valence-corrected chi connectivity index (χ2v) is 3.99. The molecule has 0 aromatic rings. The zero-order valence-corrected chi connectivity index (χ0v) is 9.69. The number of rotatable bonds is 7. The number of nitrogens with zero attached hydrogens (tertiary/aromatic N) is 1. The second-order valence-electron chi connectivity index (χ2n) is 3.99. The highest BCUT2D eigenvalue weighted by Crippen LogP contribution is 1.98. The minimum atomic E-state index is -1.07. The molecule has 16 heavy (non-hydrogen) atoms. The van der Waals surface area contributed by atoms with Gasteiger partial charge in [0, 0.05) is 12.4 Å². The maximum atomic E-state index is 10.9. The van der Waals surface area contributed by atoms with Crippen molar-refractivity contribution in [2.24, 2.45) is 0 Å². The van der Waals surface area contributed by atoms with Crippen LogP contribution in [0.2, 0.25) is 0 Å². The predicted molar refractivity (Wildman–Crippen MR) is 56.1 cm³/mol. The van der Waals surface area contributed by atoms with E-state index in [9.17, 15) is 14.7 Å². The van der Waals surface area contributed by atoms with Gasteiger partial charge in [-0.25, -0.2) is 4.79 Å². The molecule has 0 fully saturated rings. The molecule has 1 N–H and O–H groups in total. The first-order valence-electron chi connectivity index (χ1n) is 4.93. The van der Waals surface area contributed by atoms with Crippen molar-refractivity contribution in [2.75, 3.05) is 33.8 Å². The van der Waals surface area contributed by atoms with Crippen LogP contribution in [-0.2, 0) is 9.53 Å². The number of carboxylic acids is 1. The first kappa shape index (κ1) is 14.4. The van der Waals surface area contributed by atoms with Crippen LogP contribution in [0, 0.1) is 0 Å². The van der Waals surface area contributed by atoms with Gasteiger partial charge in [-0.2, -0.15) is 0 Å². The molecule has 92 valence electrons. The lowest BCUT2D eigenvalue weighted by atomic mass is 10.3. The molecule has 0 unspecified atom stereocenters. The molecule has 1 amide bonds. The molecule has 6 nitrogen and oxygen atoms in total. The summed E-state index contributed by atoms with van der Waals surface area (Å²) in [6.07, 6.45) is 0.666. The van der Waals surface area contributed by atoms with Crippen molar-refractivity contribution in [3.63, 3.8) is 0 Å². The van der Waals surface area contributed by atoms with Gasteiger partial charge < -0.3 is 19.1 Å². The van der Waals surface area contributed by atoms with Gasteiger partial charge in [0.05, 0.1) is 20.6 Å². The van der Waals surface area contributed by atoms with E-state index in [2.05, 4.69) is 11.9 Å². The van der Waals surface area contributed by atoms with Gasteiger partial charge in [-0.3, -0.25) is 5.32 Å². The van der Waals surface area contributed by atoms with Crippen molar-refractivity contribution in [2.45, 2.75) is 6.42 Å². The van der Waals surface area contributed by atoms with Crippen molar-refractivity contribution in [3.8, 4) is 0 Å². The number of hydrogen-bond donors (Lipinski definition) is 1. The van der Waals surface area contributed by atoms with Crippen molar-refractivity contribution in [1.29, 1.82) is 0 Å². The van der Waals surface area contributed by atoms with Gasteiger partial charge in [-0.1, -0.05) is 6.58 Å². The van der Waals surface area contributed by atoms with Crippen LogP contribution in [0.25, 0.3) is 0 Å². The number of likely N-dealkylation sites (N-methyl/N-ethyl adjacent to an activating group) is 1. The fraction of sp³-hybridized carbons (Fsp3) is 0.600. The Morgan fingerprint density at radius 1 is 1.44 bits per heavy atom. The number of alkyl carbamates (subject to hydrolysis) is 1. The number of carboxylic acid groups (broad SMARTS) is 1. The normalized spacial score (nSPS) is 10.6. The van der Waals surface area contributed by atoms with E-state index in [0.29, 0.717) is 17.6 Å². The van der Waals surface area contributed by atoms with E-state index < -0.39 is 12.1 Å². The van der Waals surface area contributed by atoms with E-state index in [4.69, 9.17) is 4.74 Å². The highest BCUT2D eigenvalue weighted by molar-refractivity contribution is 5.68. The minimum absolute atomic E-state index is 0.00808. The Labute approximate surface area is 95.1 Å². The van der Waals surface area contributed by atoms with E-state index in [1.165, 1.54) is 6.20 Å². The van der Waals surface area contributed by atoms with E-state index in [1.54, 1.807) is 0 Å². The lowest BCUT2D eigenvalue weighted by molar-refractivity contribution is -0.890. The zero-order valence-electron chi connectivity index (χ0n) is 9.69. The lowest BCUT2D eigenvalue weighted by Crippen LogP contribution is -2.45. The van der Waals surface area contributed by atoms with Crippen LogP contribution in [0.4, 0.5) is 4.79 Å². The number of quaternary nitrogens is 1. The van der Waals surface area contributed by atoms with Gasteiger partial charge >= 0.3 is 6.09 Å². The maximum Gasteiger partial charge on any atom is 0.411 e. The highest BCUT2D eigenvalue weighted by atomic mass is 16.5. The molecule has 0 aliphatic heterocycles. The highest BCUT2D eigenvalue weighted by Gasteiger charge is 2.15. The summed E-state index contributed by atoms with van der Waals surface area (Å²) >= 11 is 0. The molecule has 0 bridgehead atoms. The Morgan fingerprint density at radius 2 is 2.06 bits per heavy atom. The molecule has 0 spiro atoms. The molecule has 0 saturated carbocycles. The molecule has 0 saturated heterocycles. The van der Waals surface area contributed by atoms with Gasteiger partial charge in [0.15, 0.2) is 0 Å². The number of ether oxygens (including phenoxy) is 1.